The lowest BCUT2D eigenvalue weighted by Crippen LogP contribution is -2.27. The van der Waals surface area contributed by atoms with Gasteiger partial charge in [0.15, 0.2) is 0 Å². The van der Waals surface area contributed by atoms with Gasteiger partial charge in [-0.1, -0.05) is 23.7 Å². The van der Waals surface area contributed by atoms with Gasteiger partial charge in [0.05, 0.1) is 11.4 Å². The summed E-state index contributed by atoms with van der Waals surface area (Å²) in [6.45, 7) is 0. The number of rotatable bonds is 4. The monoisotopic (exact) mass is 355 g/mol. The maximum atomic E-state index is 14.1. The van der Waals surface area contributed by atoms with Gasteiger partial charge in [-0.3, -0.25) is 4.79 Å². The van der Waals surface area contributed by atoms with Crippen LogP contribution in [0.2, 0.25) is 5.02 Å². The first-order chi connectivity index (χ1) is 12.1. The predicted octanol–water partition coefficient (Wildman–Crippen LogP) is 4.22. The number of aromatic nitrogens is 2. The molecule has 4 nitrogen and oxygen atoms in total. The van der Waals surface area contributed by atoms with Crippen molar-refractivity contribution in [1.82, 2.24) is 15.1 Å². The van der Waals surface area contributed by atoms with Crippen molar-refractivity contribution in [2.24, 2.45) is 0 Å². The Bertz CT molecular complexity index is 932. The first-order valence-corrected chi connectivity index (χ1v) is 8.41. The molecule has 0 bridgehead atoms. The number of halogens is 2. The molecular formula is C19H15ClFN3O. The van der Waals surface area contributed by atoms with Gasteiger partial charge in [0.25, 0.3) is 5.91 Å². The fraction of sp³-hybridized carbons (Fsp3) is 0.158. The highest BCUT2D eigenvalue weighted by Gasteiger charge is 2.26. The second-order valence-corrected chi connectivity index (χ2v) is 6.47. The Balaban J connectivity index is 1.81. The molecule has 1 aliphatic rings. The van der Waals surface area contributed by atoms with Gasteiger partial charge >= 0.3 is 0 Å². The van der Waals surface area contributed by atoms with E-state index < -0.39 is 0 Å². The molecule has 1 amide bonds. The van der Waals surface area contributed by atoms with Crippen LogP contribution in [0.5, 0.6) is 0 Å². The van der Waals surface area contributed by atoms with E-state index in [1.807, 2.05) is 0 Å². The van der Waals surface area contributed by atoms with E-state index in [2.05, 4.69) is 10.4 Å². The van der Waals surface area contributed by atoms with Crippen molar-refractivity contribution in [2.45, 2.75) is 18.9 Å². The molecule has 0 atom stereocenters. The van der Waals surface area contributed by atoms with Crippen LogP contribution in [0.25, 0.3) is 16.9 Å². The summed E-state index contributed by atoms with van der Waals surface area (Å²) >= 11 is 5.94. The second-order valence-electron chi connectivity index (χ2n) is 6.03. The Morgan fingerprint density at radius 3 is 2.56 bits per heavy atom. The first-order valence-electron chi connectivity index (χ1n) is 8.03. The van der Waals surface area contributed by atoms with Crippen LogP contribution in [0.3, 0.4) is 0 Å². The molecule has 1 aliphatic carbocycles. The summed E-state index contributed by atoms with van der Waals surface area (Å²) in [6.07, 6.45) is 1.97. The average Bonchev–Trinajstić information content (AvgIpc) is 3.31. The third-order valence-electron chi connectivity index (χ3n) is 4.08. The zero-order valence-corrected chi connectivity index (χ0v) is 14.0. The van der Waals surface area contributed by atoms with Gasteiger partial charge in [0.2, 0.25) is 0 Å². The molecule has 1 saturated carbocycles. The minimum atomic E-state index is -0.377. The largest absolute Gasteiger partial charge is 0.348 e. The molecule has 6 heteroatoms. The molecule has 1 fully saturated rings. The van der Waals surface area contributed by atoms with Gasteiger partial charge in [-0.05, 0) is 55.3 Å². The van der Waals surface area contributed by atoms with Crippen molar-refractivity contribution in [1.29, 1.82) is 0 Å². The predicted molar refractivity (Wildman–Crippen MR) is 94.5 cm³/mol. The number of carbonyl (C=O) groups is 1. The van der Waals surface area contributed by atoms with Crippen molar-refractivity contribution < 1.29 is 9.18 Å². The summed E-state index contributed by atoms with van der Waals surface area (Å²) in [5.74, 6) is -0.593. The molecule has 0 spiro atoms. The summed E-state index contributed by atoms with van der Waals surface area (Å²) in [5, 5.41) is 8.01. The first kappa shape index (κ1) is 15.8. The molecule has 4 rings (SSSR count). The van der Waals surface area contributed by atoms with Gasteiger partial charge in [0.1, 0.15) is 11.5 Å². The fourth-order valence-corrected chi connectivity index (χ4v) is 2.74. The lowest BCUT2D eigenvalue weighted by molar-refractivity contribution is 0.0943. The Labute approximate surface area is 149 Å². The minimum absolute atomic E-state index is 0.215. The summed E-state index contributed by atoms with van der Waals surface area (Å²) in [7, 11) is 0. The Hall–Kier alpha value is -2.66. The third-order valence-corrected chi connectivity index (χ3v) is 4.33. The summed E-state index contributed by atoms with van der Waals surface area (Å²) in [4.78, 5) is 12.6. The van der Waals surface area contributed by atoms with E-state index in [0.29, 0.717) is 27.7 Å². The molecule has 126 valence electrons. The summed E-state index contributed by atoms with van der Waals surface area (Å²) in [6, 6.07) is 15.2. The second kappa shape index (κ2) is 6.33. The lowest BCUT2D eigenvalue weighted by Gasteiger charge is -2.07. The summed E-state index contributed by atoms with van der Waals surface area (Å²) in [5.41, 5.74) is 1.82. The molecule has 0 radical (unpaired) electrons. The van der Waals surface area contributed by atoms with Crippen LogP contribution in [0.4, 0.5) is 4.39 Å². The smallest absolute Gasteiger partial charge is 0.270 e. The number of nitrogens with one attached hydrogen (secondary N) is 1. The molecule has 0 aliphatic heterocycles. The van der Waals surface area contributed by atoms with E-state index in [1.54, 1.807) is 48.5 Å². The topological polar surface area (TPSA) is 46.9 Å². The van der Waals surface area contributed by atoms with E-state index in [0.717, 1.165) is 12.8 Å². The van der Waals surface area contributed by atoms with E-state index in [9.17, 15) is 9.18 Å². The Kier molecular flexibility index (Phi) is 4.01. The number of carbonyl (C=O) groups excluding carboxylic acids is 1. The molecule has 2 aromatic carbocycles. The Morgan fingerprint density at radius 1 is 1.16 bits per heavy atom. The number of nitrogens with zero attached hydrogens (tertiary/aromatic N) is 2. The molecule has 1 N–H and O–H groups in total. The van der Waals surface area contributed by atoms with Crippen LogP contribution >= 0.6 is 11.6 Å². The fourth-order valence-electron chi connectivity index (χ4n) is 2.61. The highest BCUT2D eigenvalue weighted by Crippen LogP contribution is 2.26. The van der Waals surface area contributed by atoms with Crippen LogP contribution < -0.4 is 5.32 Å². The Morgan fingerprint density at radius 2 is 1.88 bits per heavy atom. The molecule has 0 unspecified atom stereocenters. The van der Waals surface area contributed by atoms with Crippen LogP contribution in [-0.4, -0.2) is 21.7 Å². The van der Waals surface area contributed by atoms with Gasteiger partial charge in [-0.15, -0.1) is 0 Å². The van der Waals surface area contributed by atoms with Gasteiger partial charge in [-0.2, -0.15) is 5.10 Å². The number of hydrogen-bond donors (Lipinski definition) is 1. The highest BCUT2D eigenvalue weighted by atomic mass is 35.5. The highest BCUT2D eigenvalue weighted by molar-refractivity contribution is 6.30. The zero-order chi connectivity index (χ0) is 17.4. The summed E-state index contributed by atoms with van der Waals surface area (Å²) < 4.78 is 15.6. The van der Waals surface area contributed by atoms with E-state index >= 15 is 0 Å². The molecule has 25 heavy (non-hydrogen) atoms. The molecular weight excluding hydrogens is 341 g/mol. The molecule has 0 saturated heterocycles. The molecule has 1 heterocycles. The maximum Gasteiger partial charge on any atom is 0.270 e. The zero-order valence-electron chi connectivity index (χ0n) is 13.2. The van der Waals surface area contributed by atoms with E-state index in [-0.39, 0.29) is 17.8 Å². The third kappa shape index (κ3) is 3.28. The van der Waals surface area contributed by atoms with Crippen molar-refractivity contribution in [3.05, 3.63) is 71.1 Å². The molecule has 3 aromatic rings. The van der Waals surface area contributed by atoms with Crippen molar-refractivity contribution in [2.75, 3.05) is 0 Å². The maximum absolute atomic E-state index is 14.1. The van der Waals surface area contributed by atoms with Crippen LogP contribution in [0, 0.1) is 5.82 Å². The lowest BCUT2D eigenvalue weighted by atomic mass is 10.1. The quantitative estimate of drug-likeness (QED) is 0.761. The normalized spacial score (nSPS) is 13.7. The standard InChI is InChI=1S/C19H15ClFN3O/c20-12-5-9-14(10-6-12)24-18(19(25)22-13-7-8-13)11-17(23-24)15-3-1-2-4-16(15)21/h1-6,9-11,13H,7-8H2,(H,22,25). The van der Waals surface area contributed by atoms with Crippen molar-refractivity contribution in [3.8, 4) is 16.9 Å². The van der Waals surface area contributed by atoms with Gasteiger partial charge < -0.3 is 5.32 Å². The average molecular weight is 356 g/mol. The minimum Gasteiger partial charge on any atom is -0.348 e. The SMILES string of the molecule is O=C(NC1CC1)c1cc(-c2ccccc2F)nn1-c1ccc(Cl)cc1. The van der Waals surface area contributed by atoms with Crippen LogP contribution in [-0.2, 0) is 0 Å². The van der Waals surface area contributed by atoms with Gasteiger partial charge in [0, 0.05) is 16.6 Å². The van der Waals surface area contributed by atoms with Gasteiger partial charge in [-0.25, -0.2) is 9.07 Å². The van der Waals surface area contributed by atoms with Crippen LogP contribution in [0.15, 0.2) is 54.6 Å². The number of hydrogen-bond acceptors (Lipinski definition) is 2. The number of benzene rings is 2. The van der Waals surface area contributed by atoms with E-state index in [4.69, 9.17) is 11.6 Å². The van der Waals surface area contributed by atoms with Crippen molar-refractivity contribution in [3.63, 3.8) is 0 Å². The molecule has 1 aromatic heterocycles. The van der Waals surface area contributed by atoms with Crippen molar-refractivity contribution >= 4 is 17.5 Å². The van der Waals surface area contributed by atoms with E-state index in [1.165, 1.54) is 10.7 Å². The van der Waals surface area contributed by atoms with Crippen LogP contribution in [0.1, 0.15) is 23.3 Å². The number of amides is 1.